The summed E-state index contributed by atoms with van der Waals surface area (Å²) < 4.78 is 7.26. The third-order valence-corrected chi connectivity index (χ3v) is 32.6. The fourth-order valence-corrected chi connectivity index (χ4v) is 29.1. The zero-order valence-electron chi connectivity index (χ0n) is 14.3. The molecule has 0 bridgehead atoms. The second-order valence-electron chi connectivity index (χ2n) is 9.13. The molecule has 0 spiro atoms. The SMILES string of the molecule is [CH3][Hf]([CH3])(=[SiH2])([CH]1C=CC2=C1CCCC2)[CH]1C=CC2=C1CCCC2. The molecule has 22 heavy (non-hydrogen) atoms. The second kappa shape index (κ2) is 5.27. The van der Waals surface area contributed by atoms with Crippen LogP contribution in [0.25, 0.3) is 0 Å². The maximum absolute atomic E-state index is 2.97. The van der Waals surface area contributed by atoms with E-state index in [1.165, 1.54) is 51.4 Å². The average Bonchev–Trinajstić information content (AvgIpc) is 3.12. The summed E-state index contributed by atoms with van der Waals surface area (Å²) in [6, 6.07) is 0. The van der Waals surface area contributed by atoms with Crippen LogP contribution in [0.2, 0.25) is 16.7 Å². The van der Waals surface area contributed by atoms with Crippen molar-refractivity contribution in [3.63, 3.8) is 0 Å². The Morgan fingerprint density at radius 1 is 0.773 bits per heavy atom. The van der Waals surface area contributed by atoms with Gasteiger partial charge in [0.15, 0.2) is 0 Å². The molecule has 0 saturated heterocycles. The van der Waals surface area contributed by atoms with Gasteiger partial charge in [-0.3, -0.25) is 0 Å². The Bertz CT molecular complexity index is 641. The van der Waals surface area contributed by atoms with Crippen molar-refractivity contribution in [3.05, 3.63) is 46.6 Å². The Morgan fingerprint density at radius 3 is 1.64 bits per heavy atom. The molecule has 4 aliphatic rings. The van der Waals surface area contributed by atoms with Crippen LogP contribution >= 0.6 is 0 Å². The van der Waals surface area contributed by atoms with Crippen molar-refractivity contribution < 1.29 is 17.1 Å². The first-order valence-electron chi connectivity index (χ1n) is 9.33. The Balaban J connectivity index is 1.75. The summed E-state index contributed by atoms with van der Waals surface area (Å²) in [5, 5.41) is 0. The first-order chi connectivity index (χ1) is 10.5. The van der Waals surface area contributed by atoms with Gasteiger partial charge in [0.2, 0.25) is 0 Å². The van der Waals surface area contributed by atoms with Crippen molar-refractivity contribution in [2.45, 2.75) is 68.1 Å². The van der Waals surface area contributed by atoms with Crippen LogP contribution in [0.4, 0.5) is 0 Å². The Labute approximate surface area is 138 Å². The Morgan fingerprint density at radius 2 is 1.18 bits per heavy atom. The van der Waals surface area contributed by atoms with E-state index in [0.29, 0.717) is 0 Å². The minimum atomic E-state index is -2.97. The van der Waals surface area contributed by atoms with Gasteiger partial charge in [-0.1, -0.05) is 0 Å². The average molecular weight is 477 g/mol. The van der Waals surface area contributed by atoms with E-state index in [2.05, 4.69) is 40.6 Å². The summed E-state index contributed by atoms with van der Waals surface area (Å²) in [7, 11) is 0. The van der Waals surface area contributed by atoms with E-state index in [-0.39, 0.29) is 0 Å². The maximum atomic E-state index is 2.77. The van der Waals surface area contributed by atoms with Crippen LogP contribution < -0.4 is 0 Å². The van der Waals surface area contributed by atoms with E-state index >= 15 is 0 Å². The molecule has 0 nitrogen and oxygen atoms in total. The van der Waals surface area contributed by atoms with Crippen molar-refractivity contribution in [1.82, 2.24) is 0 Å². The molecule has 2 atom stereocenters. The molecular weight excluding hydrogens is 447 g/mol. The van der Waals surface area contributed by atoms with Crippen molar-refractivity contribution >= 4 is 6.94 Å². The third-order valence-electron chi connectivity index (χ3n) is 6.88. The molecule has 0 saturated carbocycles. The summed E-state index contributed by atoms with van der Waals surface area (Å²) in [5.74, 6) is 0. The van der Waals surface area contributed by atoms with Crippen LogP contribution in [0.15, 0.2) is 46.6 Å². The summed E-state index contributed by atoms with van der Waals surface area (Å²) in [4.78, 5) is 0. The van der Waals surface area contributed by atoms with Crippen LogP contribution in [-0.4, -0.2) is 6.94 Å². The number of hydrogen-bond donors (Lipinski definition) is 0. The molecule has 0 fully saturated rings. The summed E-state index contributed by atoms with van der Waals surface area (Å²) >= 11 is -2.97. The molecule has 0 N–H and O–H groups in total. The zero-order chi connectivity index (χ0) is 15.4. The van der Waals surface area contributed by atoms with Crippen molar-refractivity contribution in [2.24, 2.45) is 0 Å². The molecule has 0 radical (unpaired) electrons. The quantitative estimate of drug-likeness (QED) is 0.443. The van der Waals surface area contributed by atoms with Crippen molar-refractivity contribution in [2.75, 3.05) is 0 Å². The van der Waals surface area contributed by atoms with E-state index in [0.717, 1.165) is 7.35 Å². The molecule has 0 aromatic heterocycles. The minimum absolute atomic E-state index is 0.856. The standard InChI is InChI=1S/2C9H11.2CH3.Hf.H2Si/c2*1-2-5-9-7-3-6-8(9)4-1;;;;/h2*3,6-7H,1-2,4-5H2;2*1H3;;1H2. The molecule has 0 aliphatic heterocycles. The molecule has 0 aromatic carbocycles. The normalized spacial score (nSPS) is 31.8. The molecule has 4 aliphatic carbocycles. The molecule has 2 heteroatoms. The first-order valence-corrected chi connectivity index (χ1v) is 29.0. The predicted molar refractivity (Wildman–Crippen MR) is 97.0 cm³/mol. The van der Waals surface area contributed by atoms with E-state index in [9.17, 15) is 0 Å². The fraction of sp³-hybridized carbons (Fsp3) is 0.600. The van der Waals surface area contributed by atoms with Gasteiger partial charge in [-0.05, 0) is 0 Å². The molecule has 0 heterocycles. The van der Waals surface area contributed by atoms with Crippen LogP contribution in [0, 0.1) is 0 Å². The van der Waals surface area contributed by atoms with Crippen LogP contribution in [0.5, 0.6) is 0 Å². The van der Waals surface area contributed by atoms with E-state index < -0.39 is 17.1 Å². The molecular formula is C20H30HfSi. The third kappa shape index (κ3) is 2.32. The summed E-state index contributed by atoms with van der Waals surface area (Å²) in [6.07, 6.45) is 21.5. The van der Waals surface area contributed by atoms with Crippen molar-refractivity contribution in [1.29, 1.82) is 0 Å². The van der Waals surface area contributed by atoms with Crippen molar-refractivity contribution in [3.8, 4) is 0 Å². The number of allylic oxidation sites excluding steroid dienone is 8. The first kappa shape index (κ1) is 15.6. The summed E-state index contributed by atoms with van der Waals surface area (Å²) in [5.41, 5.74) is 7.21. The van der Waals surface area contributed by atoms with Gasteiger partial charge in [-0.25, -0.2) is 0 Å². The second-order valence-corrected chi connectivity index (χ2v) is 53.0. The predicted octanol–water partition coefficient (Wildman–Crippen LogP) is 5.78. The molecule has 4 rings (SSSR count). The van der Waals surface area contributed by atoms with Gasteiger partial charge in [-0.15, -0.1) is 0 Å². The molecule has 0 amide bonds. The van der Waals surface area contributed by atoms with Gasteiger partial charge in [-0.2, -0.15) is 0 Å². The van der Waals surface area contributed by atoms with Crippen LogP contribution in [0.1, 0.15) is 51.4 Å². The van der Waals surface area contributed by atoms with Gasteiger partial charge >= 0.3 is 139 Å². The van der Waals surface area contributed by atoms with Gasteiger partial charge in [0, 0.05) is 0 Å². The van der Waals surface area contributed by atoms with E-state index in [4.69, 9.17) is 0 Å². The van der Waals surface area contributed by atoms with Crippen LogP contribution in [-0.2, 0) is 17.1 Å². The molecule has 118 valence electrons. The fourth-order valence-electron chi connectivity index (χ4n) is 5.62. The van der Waals surface area contributed by atoms with E-state index in [1.807, 2.05) is 11.1 Å². The number of hydrogen-bond acceptors (Lipinski definition) is 0. The zero-order valence-corrected chi connectivity index (χ0v) is 19.3. The monoisotopic (exact) mass is 478 g/mol. The number of rotatable bonds is 2. The van der Waals surface area contributed by atoms with Gasteiger partial charge < -0.3 is 0 Å². The molecule has 0 aromatic rings. The van der Waals surface area contributed by atoms with Gasteiger partial charge in [0.1, 0.15) is 0 Å². The topological polar surface area (TPSA) is 0 Å². The van der Waals surface area contributed by atoms with Gasteiger partial charge in [0.05, 0.1) is 0 Å². The van der Waals surface area contributed by atoms with E-state index in [1.54, 1.807) is 11.1 Å². The van der Waals surface area contributed by atoms with Crippen LogP contribution in [0.3, 0.4) is 0 Å². The summed E-state index contributed by atoms with van der Waals surface area (Å²) in [6.45, 7) is 2.50. The molecule has 2 unspecified atom stereocenters. The van der Waals surface area contributed by atoms with Gasteiger partial charge in [0.25, 0.3) is 0 Å². The Hall–Kier alpha value is 0.0470. The Kier molecular flexibility index (Phi) is 3.73.